The number of methoxy groups -OCH3 is 1. The van der Waals surface area contributed by atoms with Crippen molar-refractivity contribution in [2.24, 2.45) is 0 Å². The normalized spacial score (nSPS) is 10.3. The molecular weight excluding hydrogens is 324 g/mol. The van der Waals surface area contributed by atoms with Gasteiger partial charge in [-0.25, -0.2) is 4.98 Å². The molecule has 2 N–H and O–H groups in total. The van der Waals surface area contributed by atoms with Gasteiger partial charge in [0, 0.05) is 22.5 Å². The molecule has 3 aromatic rings. The molecule has 0 saturated heterocycles. The summed E-state index contributed by atoms with van der Waals surface area (Å²) in [5.41, 5.74) is 2.51. The van der Waals surface area contributed by atoms with Gasteiger partial charge < -0.3 is 15.4 Å². The molecule has 6 heteroatoms. The zero-order chi connectivity index (χ0) is 16.9. The fraction of sp³-hybridized carbons (Fsp3) is 0.111. The Morgan fingerprint density at radius 2 is 1.75 bits per heavy atom. The first-order valence-electron chi connectivity index (χ1n) is 7.42. The van der Waals surface area contributed by atoms with Crippen molar-refractivity contribution >= 4 is 34.7 Å². The highest BCUT2D eigenvalue weighted by atomic mass is 35.5. The van der Waals surface area contributed by atoms with Gasteiger partial charge in [0.2, 0.25) is 5.95 Å². The molecule has 5 nitrogen and oxygen atoms in total. The first-order chi connectivity index (χ1) is 11.6. The number of hydrogen-bond donors (Lipinski definition) is 2. The van der Waals surface area contributed by atoms with Gasteiger partial charge in [-0.05, 0) is 37.3 Å². The maximum atomic E-state index is 6.07. The fourth-order valence-corrected chi connectivity index (χ4v) is 2.43. The van der Waals surface area contributed by atoms with Gasteiger partial charge in [0.1, 0.15) is 11.6 Å². The van der Waals surface area contributed by atoms with Crippen molar-refractivity contribution in [3.05, 3.63) is 65.3 Å². The van der Waals surface area contributed by atoms with E-state index in [1.807, 2.05) is 49.4 Å². The number of halogens is 1. The quantitative estimate of drug-likeness (QED) is 0.689. The van der Waals surface area contributed by atoms with E-state index in [0.717, 1.165) is 17.1 Å². The van der Waals surface area contributed by atoms with E-state index >= 15 is 0 Å². The highest BCUT2D eigenvalue weighted by Crippen LogP contribution is 2.30. The van der Waals surface area contributed by atoms with E-state index in [2.05, 4.69) is 20.6 Å². The average molecular weight is 341 g/mol. The van der Waals surface area contributed by atoms with Crippen molar-refractivity contribution in [3.8, 4) is 5.75 Å². The molecule has 0 radical (unpaired) electrons. The van der Waals surface area contributed by atoms with Crippen LogP contribution in [0.2, 0.25) is 5.02 Å². The Kier molecular flexibility index (Phi) is 4.82. The highest BCUT2D eigenvalue weighted by Gasteiger charge is 2.08. The molecule has 1 aromatic heterocycles. The van der Waals surface area contributed by atoms with Crippen LogP contribution in [0.15, 0.2) is 54.6 Å². The molecule has 0 amide bonds. The average Bonchev–Trinajstić information content (AvgIpc) is 2.55. The van der Waals surface area contributed by atoms with Crippen molar-refractivity contribution in [2.75, 3.05) is 17.7 Å². The first-order valence-corrected chi connectivity index (χ1v) is 7.80. The minimum Gasteiger partial charge on any atom is -0.495 e. The topological polar surface area (TPSA) is 59.1 Å². The van der Waals surface area contributed by atoms with Crippen LogP contribution in [0.1, 0.15) is 5.69 Å². The Morgan fingerprint density at radius 3 is 2.50 bits per heavy atom. The Bertz CT molecular complexity index is 840. The zero-order valence-electron chi connectivity index (χ0n) is 13.4. The molecule has 1 heterocycles. The van der Waals surface area contributed by atoms with E-state index in [0.29, 0.717) is 22.5 Å². The predicted octanol–water partition coefficient (Wildman–Crippen LogP) is 4.93. The number of aromatic nitrogens is 2. The summed E-state index contributed by atoms with van der Waals surface area (Å²) >= 11 is 6.07. The maximum Gasteiger partial charge on any atom is 0.229 e. The smallest absolute Gasteiger partial charge is 0.229 e. The van der Waals surface area contributed by atoms with Gasteiger partial charge in [0.25, 0.3) is 0 Å². The number of nitrogens with zero attached hydrogens (tertiary/aromatic N) is 2. The number of benzene rings is 2. The molecule has 3 rings (SSSR count). The van der Waals surface area contributed by atoms with Gasteiger partial charge in [-0.3, -0.25) is 0 Å². The number of ether oxygens (including phenoxy) is 1. The summed E-state index contributed by atoms with van der Waals surface area (Å²) < 4.78 is 5.35. The Hall–Kier alpha value is -2.79. The third kappa shape index (κ3) is 3.94. The minimum atomic E-state index is 0.518. The third-order valence-corrected chi connectivity index (χ3v) is 3.54. The summed E-state index contributed by atoms with van der Waals surface area (Å²) in [5, 5.41) is 7.04. The molecule has 0 spiro atoms. The van der Waals surface area contributed by atoms with Gasteiger partial charge in [0.05, 0.1) is 12.8 Å². The molecule has 0 aliphatic heterocycles. The van der Waals surface area contributed by atoms with Crippen molar-refractivity contribution in [1.29, 1.82) is 0 Å². The monoisotopic (exact) mass is 340 g/mol. The lowest BCUT2D eigenvalue weighted by Gasteiger charge is -2.13. The van der Waals surface area contributed by atoms with E-state index in [1.165, 1.54) is 0 Å². The molecule has 0 aliphatic rings. The van der Waals surface area contributed by atoms with E-state index in [9.17, 15) is 0 Å². The second-order valence-corrected chi connectivity index (χ2v) is 5.62. The second-order valence-electron chi connectivity index (χ2n) is 5.18. The summed E-state index contributed by atoms with van der Waals surface area (Å²) in [6.07, 6.45) is 0. The second kappa shape index (κ2) is 7.19. The molecule has 0 aliphatic carbocycles. The van der Waals surface area contributed by atoms with E-state index in [4.69, 9.17) is 16.3 Å². The molecule has 0 fully saturated rings. The van der Waals surface area contributed by atoms with Gasteiger partial charge in [-0.1, -0.05) is 29.8 Å². The lowest BCUT2D eigenvalue weighted by molar-refractivity contribution is 0.417. The lowest BCUT2D eigenvalue weighted by atomic mass is 10.3. The van der Waals surface area contributed by atoms with Gasteiger partial charge >= 0.3 is 0 Å². The van der Waals surface area contributed by atoms with Crippen LogP contribution in [0.5, 0.6) is 5.75 Å². The first kappa shape index (κ1) is 16.1. The molecule has 0 bridgehead atoms. The van der Waals surface area contributed by atoms with Crippen LogP contribution in [0.25, 0.3) is 0 Å². The molecule has 0 atom stereocenters. The predicted molar refractivity (Wildman–Crippen MR) is 97.8 cm³/mol. The van der Waals surface area contributed by atoms with E-state index in [1.54, 1.807) is 19.2 Å². The number of anilines is 4. The number of hydrogen-bond acceptors (Lipinski definition) is 5. The number of aryl methyl sites for hydroxylation is 1. The van der Waals surface area contributed by atoms with Crippen LogP contribution >= 0.6 is 11.6 Å². The standard InChI is InChI=1S/C18H17ClN4O/c1-12-10-17(22-15-11-13(19)8-9-16(15)24-2)23-18(20-12)21-14-6-4-3-5-7-14/h3-11H,1-2H3,(H2,20,21,22,23). The van der Waals surface area contributed by atoms with Crippen LogP contribution in [0.4, 0.5) is 23.1 Å². The fourth-order valence-electron chi connectivity index (χ4n) is 2.25. The Balaban J connectivity index is 1.88. The number of nitrogens with one attached hydrogen (secondary N) is 2. The van der Waals surface area contributed by atoms with Crippen LogP contribution < -0.4 is 15.4 Å². The summed E-state index contributed by atoms with van der Waals surface area (Å²) in [6, 6.07) is 17.0. The molecule has 0 saturated carbocycles. The minimum absolute atomic E-state index is 0.518. The van der Waals surface area contributed by atoms with Crippen molar-refractivity contribution < 1.29 is 4.74 Å². The van der Waals surface area contributed by atoms with Gasteiger partial charge in [-0.15, -0.1) is 0 Å². The molecule has 122 valence electrons. The maximum absolute atomic E-state index is 6.07. The largest absolute Gasteiger partial charge is 0.495 e. The third-order valence-electron chi connectivity index (χ3n) is 3.31. The molecule has 0 unspecified atom stereocenters. The van der Waals surface area contributed by atoms with E-state index < -0.39 is 0 Å². The summed E-state index contributed by atoms with van der Waals surface area (Å²) in [6.45, 7) is 1.91. The van der Waals surface area contributed by atoms with Crippen LogP contribution in [0, 0.1) is 6.92 Å². The summed E-state index contributed by atoms with van der Waals surface area (Å²) in [5.74, 6) is 1.86. The van der Waals surface area contributed by atoms with Crippen LogP contribution in [-0.4, -0.2) is 17.1 Å². The van der Waals surface area contributed by atoms with Crippen molar-refractivity contribution in [2.45, 2.75) is 6.92 Å². The highest BCUT2D eigenvalue weighted by molar-refractivity contribution is 6.31. The van der Waals surface area contributed by atoms with Crippen molar-refractivity contribution in [3.63, 3.8) is 0 Å². The van der Waals surface area contributed by atoms with Crippen molar-refractivity contribution in [1.82, 2.24) is 9.97 Å². The van der Waals surface area contributed by atoms with E-state index in [-0.39, 0.29) is 0 Å². The number of rotatable bonds is 5. The van der Waals surface area contributed by atoms with Crippen LogP contribution in [0.3, 0.4) is 0 Å². The molecular formula is C18H17ClN4O. The number of para-hydroxylation sites is 1. The lowest BCUT2D eigenvalue weighted by Crippen LogP contribution is -2.03. The summed E-state index contributed by atoms with van der Waals surface area (Å²) in [4.78, 5) is 8.91. The SMILES string of the molecule is COc1ccc(Cl)cc1Nc1cc(C)nc(Nc2ccccc2)n1. The Labute approximate surface area is 145 Å². The Morgan fingerprint density at radius 1 is 0.958 bits per heavy atom. The summed E-state index contributed by atoms with van der Waals surface area (Å²) in [7, 11) is 1.61. The zero-order valence-corrected chi connectivity index (χ0v) is 14.1. The van der Waals surface area contributed by atoms with Crippen LogP contribution in [-0.2, 0) is 0 Å². The van der Waals surface area contributed by atoms with Gasteiger partial charge in [-0.2, -0.15) is 4.98 Å². The molecule has 2 aromatic carbocycles. The van der Waals surface area contributed by atoms with Gasteiger partial charge in [0.15, 0.2) is 0 Å². The molecule has 24 heavy (non-hydrogen) atoms.